The van der Waals surface area contributed by atoms with Crippen molar-refractivity contribution in [1.29, 1.82) is 0 Å². The molecule has 1 aliphatic rings. The number of carbonyl (C=O) groups is 2. The molecule has 0 unspecified atom stereocenters. The molecule has 0 spiro atoms. The summed E-state index contributed by atoms with van der Waals surface area (Å²) < 4.78 is 13.8. The van der Waals surface area contributed by atoms with Gasteiger partial charge in [0.05, 0.1) is 10.7 Å². The highest BCUT2D eigenvalue weighted by Gasteiger charge is 2.22. The zero-order valence-corrected chi connectivity index (χ0v) is 15.5. The molecule has 0 fully saturated rings. The molecule has 132 valence electrons. The number of aliphatic imine (C=N–C) groups is 1. The SMILES string of the molecule is Cc1ccc(F)cc1NC(=O)CSC1=NC(=O)C(=Cc2ccccc2)S1. The number of amides is 2. The fourth-order valence-corrected chi connectivity index (χ4v) is 4.00. The van der Waals surface area contributed by atoms with Crippen LogP contribution in [0.4, 0.5) is 10.1 Å². The first kappa shape index (κ1) is 18.4. The Bertz CT molecular complexity index is 911. The number of carbonyl (C=O) groups excluding carboxylic acids is 2. The highest BCUT2D eigenvalue weighted by Crippen LogP contribution is 2.33. The van der Waals surface area contributed by atoms with Gasteiger partial charge in [-0.15, -0.1) is 0 Å². The molecular weight excluding hydrogens is 371 g/mol. The van der Waals surface area contributed by atoms with Crippen LogP contribution in [0, 0.1) is 12.7 Å². The van der Waals surface area contributed by atoms with Crippen molar-refractivity contribution in [3.8, 4) is 0 Å². The topological polar surface area (TPSA) is 58.5 Å². The fourth-order valence-electron chi connectivity index (χ4n) is 2.19. The third-order valence-electron chi connectivity index (χ3n) is 3.50. The van der Waals surface area contributed by atoms with Gasteiger partial charge in [0.2, 0.25) is 5.91 Å². The first-order chi connectivity index (χ1) is 12.5. The van der Waals surface area contributed by atoms with E-state index in [1.54, 1.807) is 19.1 Å². The van der Waals surface area contributed by atoms with Crippen LogP contribution in [0.15, 0.2) is 58.4 Å². The molecule has 2 aromatic carbocycles. The van der Waals surface area contributed by atoms with Crippen LogP contribution in [0.5, 0.6) is 0 Å². The largest absolute Gasteiger partial charge is 0.325 e. The van der Waals surface area contributed by atoms with Gasteiger partial charge in [0.1, 0.15) is 10.2 Å². The van der Waals surface area contributed by atoms with E-state index in [1.807, 2.05) is 30.3 Å². The van der Waals surface area contributed by atoms with Gasteiger partial charge in [-0.1, -0.05) is 59.9 Å². The van der Waals surface area contributed by atoms with Crippen LogP contribution in [0.3, 0.4) is 0 Å². The number of thioether (sulfide) groups is 2. The minimum absolute atomic E-state index is 0.0910. The fraction of sp³-hybridized carbons (Fsp3) is 0.105. The van der Waals surface area contributed by atoms with E-state index in [9.17, 15) is 14.0 Å². The Balaban J connectivity index is 1.56. The average Bonchev–Trinajstić information content (AvgIpc) is 2.97. The van der Waals surface area contributed by atoms with E-state index in [0.29, 0.717) is 15.0 Å². The highest BCUT2D eigenvalue weighted by molar-refractivity contribution is 8.41. The first-order valence-corrected chi connectivity index (χ1v) is 9.58. The van der Waals surface area contributed by atoms with Gasteiger partial charge in [0.15, 0.2) is 0 Å². The van der Waals surface area contributed by atoms with E-state index >= 15 is 0 Å². The maximum atomic E-state index is 13.3. The Labute approximate surface area is 159 Å². The lowest BCUT2D eigenvalue weighted by Crippen LogP contribution is -2.15. The number of anilines is 1. The molecule has 26 heavy (non-hydrogen) atoms. The zero-order chi connectivity index (χ0) is 18.5. The van der Waals surface area contributed by atoms with Crippen molar-refractivity contribution < 1.29 is 14.0 Å². The van der Waals surface area contributed by atoms with E-state index in [4.69, 9.17) is 0 Å². The maximum absolute atomic E-state index is 13.3. The predicted octanol–water partition coefficient (Wildman–Crippen LogP) is 4.48. The van der Waals surface area contributed by atoms with Gasteiger partial charge in [0, 0.05) is 5.69 Å². The Morgan fingerprint density at radius 3 is 2.81 bits per heavy atom. The molecule has 1 aliphatic heterocycles. The molecular formula is C19H15FN2O2S2. The van der Waals surface area contributed by atoms with Crippen molar-refractivity contribution in [3.05, 3.63) is 70.4 Å². The molecule has 4 nitrogen and oxygen atoms in total. The van der Waals surface area contributed by atoms with Crippen LogP contribution in [-0.2, 0) is 9.59 Å². The number of rotatable bonds is 4. The number of halogens is 1. The number of hydrogen-bond donors (Lipinski definition) is 1. The van der Waals surface area contributed by atoms with Gasteiger partial charge in [-0.3, -0.25) is 9.59 Å². The van der Waals surface area contributed by atoms with E-state index in [0.717, 1.165) is 11.1 Å². The molecule has 1 heterocycles. The van der Waals surface area contributed by atoms with Gasteiger partial charge in [-0.2, -0.15) is 4.99 Å². The van der Waals surface area contributed by atoms with E-state index < -0.39 is 5.82 Å². The Hall–Kier alpha value is -2.38. The maximum Gasteiger partial charge on any atom is 0.285 e. The third kappa shape index (κ3) is 4.83. The standard InChI is InChI=1S/C19H15FN2O2S2/c1-12-7-8-14(20)10-15(12)21-17(23)11-25-19-22-18(24)16(26-19)9-13-5-3-2-4-6-13/h2-10H,11H2,1H3,(H,21,23). The van der Waals surface area contributed by atoms with Crippen LogP contribution < -0.4 is 5.32 Å². The van der Waals surface area contributed by atoms with Crippen LogP contribution in [0.2, 0.25) is 0 Å². The average molecular weight is 386 g/mol. The van der Waals surface area contributed by atoms with Gasteiger partial charge in [0.25, 0.3) is 5.91 Å². The van der Waals surface area contributed by atoms with Gasteiger partial charge < -0.3 is 5.32 Å². The molecule has 1 N–H and O–H groups in total. The monoisotopic (exact) mass is 386 g/mol. The third-order valence-corrected chi connectivity index (χ3v) is 5.63. The Morgan fingerprint density at radius 1 is 1.27 bits per heavy atom. The van der Waals surface area contributed by atoms with Gasteiger partial charge in [-0.05, 0) is 36.3 Å². The quantitative estimate of drug-likeness (QED) is 0.788. The predicted molar refractivity (Wildman–Crippen MR) is 107 cm³/mol. The van der Waals surface area contributed by atoms with E-state index in [1.165, 1.54) is 35.7 Å². The molecule has 0 atom stereocenters. The molecule has 7 heteroatoms. The second-order valence-corrected chi connectivity index (χ2v) is 7.75. The van der Waals surface area contributed by atoms with E-state index in [-0.39, 0.29) is 17.6 Å². The number of nitrogens with one attached hydrogen (secondary N) is 1. The van der Waals surface area contributed by atoms with Crippen molar-refractivity contribution in [2.45, 2.75) is 6.92 Å². The summed E-state index contributed by atoms with van der Waals surface area (Å²) in [5.74, 6) is -0.897. The molecule has 0 aromatic heterocycles. The number of benzene rings is 2. The minimum Gasteiger partial charge on any atom is -0.325 e. The molecule has 2 aromatic rings. The van der Waals surface area contributed by atoms with Gasteiger partial charge >= 0.3 is 0 Å². The summed E-state index contributed by atoms with van der Waals surface area (Å²) in [7, 11) is 0. The second kappa shape index (κ2) is 8.33. The molecule has 0 saturated carbocycles. The number of aryl methyl sites for hydroxylation is 1. The number of hydrogen-bond acceptors (Lipinski definition) is 4. The van der Waals surface area contributed by atoms with Crippen LogP contribution in [-0.4, -0.2) is 21.9 Å². The van der Waals surface area contributed by atoms with Crippen molar-refractivity contribution in [2.24, 2.45) is 4.99 Å². The summed E-state index contributed by atoms with van der Waals surface area (Å²) in [6, 6.07) is 13.7. The van der Waals surface area contributed by atoms with Crippen molar-refractivity contribution in [2.75, 3.05) is 11.1 Å². The summed E-state index contributed by atoms with van der Waals surface area (Å²) in [5, 5.41) is 2.67. The van der Waals surface area contributed by atoms with Crippen LogP contribution in [0.1, 0.15) is 11.1 Å². The first-order valence-electron chi connectivity index (χ1n) is 7.78. The van der Waals surface area contributed by atoms with Crippen molar-refractivity contribution in [3.63, 3.8) is 0 Å². The highest BCUT2D eigenvalue weighted by atomic mass is 32.2. The Kier molecular flexibility index (Phi) is 5.90. The molecule has 2 amide bonds. The molecule has 0 aliphatic carbocycles. The summed E-state index contributed by atoms with van der Waals surface area (Å²) in [4.78, 5) is 28.5. The summed E-state index contributed by atoms with van der Waals surface area (Å²) in [5.41, 5.74) is 2.14. The van der Waals surface area contributed by atoms with Crippen LogP contribution >= 0.6 is 23.5 Å². The van der Waals surface area contributed by atoms with Gasteiger partial charge in [-0.25, -0.2) is 4.39 Å². The van der Waals surface area contributed by atoms with Crippen molar-refractivity contribution in [1.82, 2.24) is 0 Å². The molecule has 0 radical (unpaired) electrons. The lowest BCUT2D eigenvalue weighted by Gasteiger charge is -2.08. The van der Waals surface area contributed by atoms with E-state index in [2.05, 4.69) is 10.3 Å². The summed E-state index contributed by atoms with van der Waals surface area (Å²) >= 11 is 2.44. The zero-order valence-electron chi connectivity index (χ0n) is 13.9. The summed E-state index contributed by atoms with van der Waals surface area (Å²) in [6.45, 7) is 1.79. The van der Waals surface area contributed by atoms with Crippen LogP contribution in [0.25, 0.3) is 6.08 Å². The van der Waals surface area contributed by atoms with Crippen molar-refractivity contribution >= 4 is 51.5 Å². The number of nitrogens with zero attached hydrogens (tertiary/aromatic N) is 1. The lowest BCUT2D eigenvalue weighted by molar-refractivity contribution is -0.114. The minimum atomic E-state index is -0.407. The summed E-state index contributed by atoms with van der Waals surface area (Å²) in [6.07, 6.45) is 1.78. The Morgan fingerprint density at radius 2 is 2.04 bits per heavy atom. The molecule has 3 rings (SSSR count). The normalized spacial score (nSPS) is 15.2. The molecule has 0 saturated heterocycles. The molecule has 0 bridgehead atoms. The second-order valence-electron chi connectivity index (χ2n) is 5.50. The lowest BCUT2D eigenvalue weighted by atomic mass is 10.2. The smallest absolute Gasteiger partial charge is 0.285 e.